The van der Waals surface area contributed by atoms with Crippen LogP contribution in [0.1, 0.15) is 134 Å². The minimum absolute atomic E-state index is 0.0279. The molecule has 0 radical (unpaired) electrons. The van der Waals surface area contributed by atoms with Gasteiger partial charge in [-0.05, 0) is 106 Å². The van der Waals surface area contributed by atoms with Crippen LogP contribution in [0.5, 0.6) is 0 Å². The molecule has 0 aromatic rings. The summed E-state index contributed by atoms with van der Waals surface area (Å²) in [5, 5.41) is 7.35. The first-order valence-corrected chi connectivity index (χ1v) is 17.4. The summed E-state index contributed by atoms with van der Waals surface area (Å²) in [5.74, 6) is -1.82. The Morgan fingerprint density at radius 2 is 1.05 bits per heavy atom. The van der Waals surface area contributed by atoms with E-state index in [0.717, 1.165) is 32.1 Å². The summed E-state index contributed by atoms with van der Waals surface area (Å²) in [6.07, 6.45) is 5.65. The predicted octanol–water partition coefficient (Wildman–Crippen LogP) is 5.68. The molecule has 2 N–H and O–H groups in total. The van der Waals surface area contributed by atoms with E-state index in [1.165, 1.54) is 0 Å². The molecule has 0 saturated carbocycles. The first-order valence-electron chi connectivity index (χ1n) is 17.4. The fraction of sp³-hybridized carbons (Fsp3) is 0.889. The summed E-state index contributed by atoms with van der Waals surface area (Å²) in [4.78, 5) is 59.8. The maximum atomic E-state index is 14.5. The molecule has 8 heteroatoms. The number of imide groups is 2. The minimum atomic E-state index is -0.466. The third-order valence-electron chi connectivity index (χ3n) is 11.3. The van der Waals surface area contributed by atoms with Crippen molar-refractivity contribution in [2.24, 2.45) is 35.5 Å². The fourth-order valence-corrected chi connectivity index (χ4v) is 9.86. The molecule has 0 aromatic carbocycles. The number of nitrogens with one attached hydrogen (secondary N) is 2. The third kappa shape index (κ3) is 6.96. The first-order chi connectivity index (χ1) is 20.1. The molecule has 4 saturated heterocycles. The van der Waals surface area contributed by atoms with Gasteiger partial charge in [0.15, 0.2) is 0 Å². The van der Waals surface area contributed by atoms with Gasteiger partial charge in [-0.25, -0.2) is 0 Å². The number of amides is 4. The number of nitrogens with zero attached hydrogens (tertiary/aromatic N) is 2. The van der Waals surface area contributed by atoms with E-state index in [1.807, 2.05) is 6.92 Å². The number of piperidine rings is 2. The number of hydrogen-bond acceptors (Lipinski definition) is 6. The van der Waals surface area contributed by atoms with Crippen LogP contribution in [-0.4, -0.2) is 67.7 Å². The average Bonchev–Trinajstić information content (AvgIpc) is 3.21. The predicted molar refractivity (Wildman–Crippen MR) is 174 cm³/mol. The van der Waals surface area contributed by atoms with Crippen LogP contribution in [0.15, 0.2) is 0 Å². The fourth-order valence-electron chi connectivity index (χ4n) is 9.86. The van der Waals surface area contributed by atoms with Crippen LogP contribution in [0, 0.1) is 35.5 Å². The number of carbonyl (C=O) groups is 4. The Labute approximate surface area is 267 Å². The third-order valence-corrected chi connectivity index (χ3v) is 11.3. The van der Waals surface area contributed by atoms with Gasteiger partial charge in [-0.3, -0.25) is 29.0 Å². The Balaban J connectivity index is 1.62. The first kappa shape index (κ1) is 35.1. The van der Waals surface area contributed by atoms with Gasteiger partial charge in [-0.15, -0.1) is 0 Å². The summed E-state index contributed by atoms with van der Waals surface area (Å²) < 4.78 is 0. The van der Waals surface area contributed by atoms with Crippen molar-refractivity contribution in [3.8, 4) is 0 Å². The van der Waals surface area contributed by atoms with E-state index in [9.17, 15) is 19.2 Å². The Bertz CT molecular complexity index is 1110. The Hall–Kier alpha value is -1.80. The maximum Gasteiger partial charge on any atom is 0.233 e. The van der Waals surface area contributed by atoms with Crippen molar-refractivity contribution in [1.82, 2.24) is 20.4 Å². The number of rotatable bonds is 9. The monoisotopic (exact) mass is 614 g/mol. The topological polar surface area (TPSA) is 98.8 Å². The molecule has 6 atom stereocenters. The molecule has 4 amide bonds. The van der Waals surface area contributed by atoms with Crippen LogP contribution in [0.3, 0.4) is 0 Å². The number of carbonyl (C=O) groups excluding carboxylic acids is 4. The van der Waals surface area contributed by atoms with Crippen molar-refractivity contribution in [2.75, 3.05) is 0 Å². The smallest absolute Gasteiger partial charge is 0.233 e. The van der Waals surface area contributed by atoms with Gasteiger partial charge in [0, 0.05) is 40.2 Å². The molecule has 0 bridgehead atoms. The quantitative estimate of drug-likeness (QED) is 0.325. The average molecular weight is 615 g/mol. The van der Waals surface area contributed by atoms with Gasteiger partial charge in [-0.2, -0.15) is 0 Å². The van der Waals surface area contributed by atoms with Crippen LogP contribution in [0.25, 0.3) is 0 Å². The molecule has 4 fully saturated rings. The van der Waals surface area contributed by atoms with Crippen LogP contribution >= 0.6 is 0 Å². The molecule has 250 valence electrons. The zero-order valence-electron chi connectivity index (χ0n) is 29.8. The number of likely N-dealkylation sites (tertiary alicyclic amines) is 2. The lowest BCUT2D eigenvalue weighted by molar-refractivity contribution is -0.147. The lowest BCUT2D eigenvalue weighted by atomic mass is 9.73. The molecule has 0 aromatic heterocycles. The van der Waals surface area contributed by atoms with Gasteiger partial charge in [-0.1, -0.05) is 40.5 Å². The van der Waals surface area contributed by atoms with Crippen LogP contribution in [-0.2, 0) is 19.2 Å². The van der Waals surface area contributed by atoms with Crippen molar-refractivity contribution in [3.05, 3.63) is 0 Å². The molecular formula is C36H62N4O4. The van der Waals surface area contributed by atoms with Crippen LogP contribution in [0.2, 0.25) is 0 Å². The SMILES string of the molecule is CCC(C)CC1C(=O)N(C2CC(C)(C)NC(C)(C)C2)C(=O)C1C(CC)CC1C(=O)N(C2CC(C)(C)NC(C)(C)C2)C(=O)C1C. The molecule has 4 rings (SSSR count). The van der Waals surface area contributed by atoms with Crippen molar-refractivity contribution in [1.29, 1.82) is 0 Å². The standard InChI is InChI=1S/C36H62N4O4/c1-13-21(3)15-27-28(32(44)40(31(27)43)25-19-35(9,10)38-36(11,12)20-25)23(14-2)16-26-22(4)29(41)39(30(26)42)24-17-33(5,6)37-34(7,8)18-24/h21-28,37-38H,13-20H2,1-12H3. The second-order valence-electron chi connectivity index (χ2n) is 17.7. The number of hydrogen-bond donors (Lipinski definition) is 2. The highest BCUT2D eigenvalue weighted by Gasteiger charge is 2.57. The summed E-state index contributed by atoms with van der Waals surface area (Å²) in [5.41, 5.74) is -0.786. The molecule has 6 unspecified atom stereocenters. The van der Waals surface area contributed by atoms with E-state index >= 15 is 0 Å². The molecule has 4 aliphatic rings. The van der Waals surface area contributed by atoms with Gasteiger partial charge in [0.05, 0.1) is 17.8 Å². The highest BCUT2D eigenvalue weighted by Crippen LogP contribution is 2.46. The van der Waals surface area contributed by atoms with Gasteiger partial charge >= 0.3 is 0 Å². The van der Waals surface area contributed by atoms with Crippen molar-refractivity contribution < 1.29 is 19.2 Å². The molecular weight excluding hydrogens is 552 g/mol. The van der Waals surface area contributed by atoms with Crippen LogP contribution < -0.4 is 10.6 Å². The van der Waals surface area contributed by atoms with E-state index < -0.39 is 17.8 Å². The zero-order valence-corrected chi connectivity index (χ0v) is 29.8. The second kappa shape index (κ2) is 12.1. The van der Waals surface area contributed by atoms with Gasteiger partial charge in [0.25, 0.3) is 0 Å². The van der Waals surface area contributed by atoms with E-state index in [2.05, 4.69) is 86.8 Å². The Morgan fingerprint density at radius 1 is 0.636 bits per heavy atom. The van der Waals surface area contributed by atoms with Crippen molar-refractivity contribution >= 4 is 23.6 Å². The van der Waals surface area contributed by atoms with Crippen molar-refractivity contribution in [2.45, 2.75) is 169 Å². The van der Waals surface area contributed by atoms with Gasteiger partial charge in [0.2, 0.25) is 23.6 Å². The molecule has 0 spiro atoms. The normalized spacial score (nSPS) is 33.7. The summed E-state index contributed by atoms with van der Waals surface area (Å²) in [6.45, 7) is 25.4. The summed E-state index contributed by atoms with van der Waals surface area (Å²) >= 11 is 0. The lowest BCUT2D eigenvalue weighted by Gasteiger charge is -2.48. The van der Waals surface area contributed by atoms with E-state index in [-0.39, 0.29) is 69.7 Å². The molecule has 4 aliphatic heterocycles. The largest absolute Gasteiger partial charge is 0.307 e. The Morgan fingerprint density at radius 3 is 1.45 bits per heavy atom. The van der Waals surface area contributed by atoms with E-state index in [0.29, 0.717) is 25.2 Å². The van der Waals surface area contributed by atoms with Crippen molar-refractivity contribution in [3.63, 3.8) is 0 Å². The summed E-state index contributed by atoms with van der Waals surface area (Å²) in [7, 11) is 0. The molecule has 44 heavy (non-hydrogen) atoms. The lowest BCUT2D eigenvalue weighted by Crippen LogP contribution is -2.63. The Kier molecular flexibility index (Phi) is 9.64. The van der Waals surface area contributed by atoms with Gasteiger partial charge in [0.1, 0.15) is 0 Å². The molecule has 0 aliphatic carbocycles. The summed E-state index contributed by atoms with van der Waals surface area (Å²) in [6, 6.07) is -0.303. The van der Waals surface area contributed by atoms with E-state index in [4.69, 9.17) is 0 Å². The molecule has 8 nitrogen and oxygen atoms in total. The molecule has 4 heterocycles. The maximum absolute atomic E-state index is 14.5. The zero-order chi connectivity index (χ0) is 33.2. The van der Waals surface area contributed by atoms with Gasteiger partial charge < -0.3 is 10.6 Å². The highest BCUT2D eigenvalue weighted by atomic mass is 16.2. The van der Waals surface area contributed by atoms with E-state index in [1.54, 1.807) is 9.80 Å². The second-order valence-corrected chi connectivity index (χ2v) is 17.7. The highest BCUT2D eigenvalue weighted by molar-refractivity contribution is 6.06. The minimum Gasteiger partial charge on any atom is -0.307 e. The van der Waals surface area contributed by atoms with Crippen LogP contribution in [0.4, 0.5) is 0 Å².